The molecule has 0 unspecified atom stereocenters. The van der Waals surface area contributed by atoms with Gasteiger partial charge in [0.25, 0.3) is 0 Å². The number of aromatic nitrogens is 2. The number of carbonyl (C=O) groups excluding carboxylic acids is 1. The average molecular weight is 448 g/mol. The maximum absolute atomic E-state index is 12.9. The summed E-state index contributed by atoms with van der Waals surface area (Å²) in [5.74, 6) is 1.20. The molecule has 170 valence electrons. The lowest BCUT2D eigenvalue weighted by molar-refractivity contribution is -0.137. The van der Waals surface area contributed by atoms with Crippen LogP contribution in [0.2, 0.25) is 0 Å². The summed E-state index contributed by atoms with van der Waals surface area (Å²) in [6.45, 7) is 3.95. The number of methoxy groups -OCH3 is 2. The second kappa shape index (κ2) is 9.21. The van der Waals surface area contributed by atoms with Gasteiger partial charge in [-0.05, 0) is 49.7 Å². The number of benzene rings is 2. The lowest BCUT2D eigenvalue weighted by atomic mass is 10.2. The number of anilines is 2. The highest BCUT2D eigenvalue weighted by molar-refractivity contribution is 6.00. The van der Waals surface area contributed by atoms with E-state index in [4.69, 9.17) is 9.47 Å². The van der Waals surface area contributed by atoms with E-state index in [2.05, 4.69) is 15.7 Å². The predicted molar refractivity (Wildman–Crippen MR) is 114 cm³/mol. The molecular weight excluding hydrogens is 425 g/mol. The van der Waals surface area contributed by atoms with Gasteiger partial charge >= 0.3 is 12.2 Å². The summed E-state index contributed by atoms with van der Waals surface area (Å²) in [5, 5.41) is 9.56. The van der Waals surface area contributed by atoms with Crippen molar-refractivity contribution in [1.82, 2.24) is 9.78 Å². The summed E-state index contributed by atoms with van der Waals surface area (Å²) in [4.78, 5) is 12.4. The van der Waals surface area contributed by atoms with Gasteiger partial charge in [-0.25, -0.2) is 4.79 Å². The molecule has 0 atom stereocenters. The van der Waals surface area contributed by atoms with E-state index in [-0.39, 0.29) is 5.69 Å². The molecule has 2 N–H and O–H groups in total. The molecule has 0 spiro atoms. The molecule has 2 aromatic carbocycles. The van der Waals surface area contributed by atoms with Crippen molar-refractivity contribution in [3.63, 3.8) is 0 Å². The highest BCUT2D eigenvalue weighted by Gasteiger charge is 2.30. The monoisotopic (exact) mass is 448 g/mol. The van der Waals surface area contributed by atoms with Crippen molar-refractivity contribution in [2.45, 2.75) is 26.6 Å². The fourth-order valence-corrected chi connectivity index (χ4v) is 3.23. The number of carbonyl (C=O) groups is 1. The molecular formula is C22H23F3N4O3. The number of nitrogens with one attached hydrogen (secondary N) is 2. The van der Waals surface area contributed by atoms with E-state index < -0.39 is 17.8 Å². The molecule has 0 radical (unpaired) electrons. The van der Waals surface area contributed by atoms with E-state index in [1.54, 1.807) is 38.8 Å². The van der Waals surface area contributed by atoms with E-state index in [9.17, 15) is 18.0 Å². The lowest BCUT2D eigenvalue weighted by Gasteiger charge is -2.12. The summed E-state index contributed by atoms with van der Waals surface area (Å²) in [6.07, 6.45) is -4.49. The molecule has 0 aliphatic carbocycles. The Labute approximate surface area is 183 Å². The van der Waals surface area contributed by atoms with Crippen LogP contribution in [0.5, 0.6) is 11.5 Å². The molecule has 32 heavy (non-hydrogen) atoms. The maximum atomic E-state index is 12.9. The Morgan fingerprint density at radius 1 is 1.03 bits per heavy atom. The van der Waals surface area contributed by atoms with Crippen molar-refractivity contribution < 1.29 is 27.4 Å². The molecule has 0 fully saturated rings. The van der Waals surface area contributed by atoms with Gasteiger partial charge < -0.3 is 20.1 Å². The minimum Gasteiger partial charge on any atom is -0.493 e. The first-order valence-corrected chi connectivity index (χ1v) is 9.62. The minimum absolute atomic E-state index is 0.0327. The van der Waals surface area contributed by atoms with Crippen molar-refractivity contribution in [2.75, 3.05) is 24.9 Å². The van der Waals surface area contributed by atoms with Crippen LogP contribution in [-0.4, -0.2) is 30.0 Å². The first-order chi connectivity index (χ1) is 15.1. The Morgan fingerprint density at radius 3 is 2.41 bits per heavy atom. The van der Waals surface area contributed by atoms with Crippen LogP contribution in [0.3, 0.4) is 0 Å². The lowest BCUT2D eigenvalue weighted by Crippen LogP contribution is -2.20. The smallest absolute Gasteiger partial charge is 0.416 e. The van der Waals surface area contributed by atoms with Gasteiger partial charge in [-0.1, -0.05) is 12.1 Å². The molecule has 0 saturated heterocycles. The fraction of sp³-hybridized carbons (Fsp3) is 0.273. The van der Waals surface area contributed by atoms with Gasteiger partial charge in [-0.3, -0.25) is 4.68 Å². The Morgan fingerprint density at radius 2 is 1.75 bits per heavy atom. The van der Waals surface area contributed by atoms with Gasteiger partial charge in [0.15, 0.2) is 11.5 Å². The standard InChI is InChI=1S/C22H23F3N4O3/c1-13-20(27-21(30)26-17-7-5-6-16(11-17)22(23,24)25)14(2)29(28-13)12-15-8-9-18(31-3)19(10-15)32-4/h5-11H,12H2,1-4H3,(H2,26,27,30). The number of hydrogen-bond donors (Lipinski definition) is 2. The number of hydrogen-bond acceptors (Lipinski definition) is 4. The summed E-state index contributed by atoms with van der Waals surface area (Å²) in [6, 6.07) is 9.27. The van der Waals surface area contributed by atoms with Crippen molar-refractivity contribution in [2.24, 2.45) is 0 Å². The fourth-order valence-electron chi connectivity index (χ4n) is 3.23. The van der Waals surface area contributed by atoms with Crippen LogP contribution in [0.4, 0.5) is 29.3 Å². The van der Waals surface area contributed by atoms with Crippen LogP contribution in [-0.2, 0) is 12.7 Å². The van der Waals surface area contributed by atoms with Crippen molar-refractivity contribution in [1.29, 1.82) is 0 Å². The minimum atomic E-state index is -4.49. The zero-order chi connectivity index (χ0) is 23.5. The quantitative estimate of drug-likeness (QED) is 0.542. The highest BCUT2D eigenvalue weighted by atomic mass is 19.4. The SMILES string of the molecule is COc1ccc(Cn2nc(C)c(NC(=O)Nc3cccc(C(F)(F)F)c3)c2C)cc1OC. The number of halogens is 3. The Bertz CT molecular complexity index is 1130. The molecule has 0 aliphatic heterocycles. The van der Waals surface area contributed by atoms with Crippen LogP contribution in [0.15, 0.2) is 42.5 Å². The number of aryl methyl sites for hydroxylation is 1. The second-order valence-electron chi connectivity index (χ2n) is 7.05. The van der Waals surface area contributed by atoms with Crippen molar-refractivity contribution >= 4 is 17.4 Å². The summed E-state index contributed by atoms with van der Waals surface area (Å²) >= 11 is 0. The number of rotatable bonds is 6. The van der Waals surface area contributed by atoms with Crippen LogP contribution >= 0.6 is 0 Å². The van der Waals surface area contributed by atoms with Crippen LogP contribution in [0.1, 0.15) is 22.5 Å². The first kappa shape index (κ1) is 23.0. The summed E-state index contributed by atoms with van der Waals surface area (Å²) in [7, 11) is 3.11. The van der Waals surface area contributed by atoms with Crippen molar-refractivity contribution in [3.05, 3.63) is 65.0 Å². The van der Waals surface area contributed by atoms with Gasteiger partial charge in [-0.2, -0.15) is 18.3 Å². The highest BCUT2D eigenvalue weighted by Crippen LogP contribution is 2.31. The maximum Gasteiger partial charge on any atom is 0.416 e. The molecule has 0 saturated carbocycles. The number of ether oxygens (including phenoxy) is 2. The number of alkyl halides is 3. The van der Waals surface area contributed by atoms with Gasteiger partial charge in [-0.15, -0.1) is 0 Å². The molecule has 0 bridgehead atoms. The van der Waals surface area contributed by atoms with E-state index in [0.29, 0.717) is 35.1 Å². The third-order valence-corrected chi connectivity index (χ3v) is 4.85. The molecule has 7 nitrogen and oxygen atoms in total. The zero-order valence-corrected chi connectivity index (χ0v) is 18.0. The first-order valence-electron chi connectivity index (χ1n) is 9.62. The number of urea groups is 1. The third-order valence-electron chi connectivity index (χ3n) is 4.85. The topological polar surface area (TPSA) is 77.4 Å². The summed E-state index contributed by atoms with van der Waals surface area (Å²) < 4.78 is 50.9. The van der Waals surface area contributed by atoms with Gasteiger partial charge in [0, 0.05) is 5.69 Å². The molecule has 1 heterocycles. The second-order valence-corrected chi connectivity index (χ2v) is 7.05. The number of amides is 2. The molecule has 1 aromatic heterocycles. The van der Waals surface area contributed by atoms with Crippen LogP contribution in [0.25, 0.3) is 0 Å². The Kier molecular flexibility index (Phi) is 6.61. The van der Waals surface area contributed by atoms with Crippen LogP contribution in [0, 0.1) is 13.8 Å². The summed E-state index contributed by atoms with van der Waals surface area (Å²) in [5.41, 5.74) is 1.84. The third kappa shape index (κ3) is 5.13. The molecule has 0 aliphatic rings. The molecule has 3 aromatic rings. The largest absolute Gasteiger partial charge is 0.493 e. The van der Waals surface area contributed by atoms with E-state index in [0.717, 1.165) is 17.7 Å². The Balaban J connectivity index is 1.74. The van der Waals surface area contributed by atoms with Gasteiger partial charge in [0.2, 0.25) is 0 Å². The normalized spacial score (nSPS) is 11.2. The molecule has 3 rings (SSSR count). The van der Waals surface area contributed by atoms with Crippen LogP contribution < -0.4 is 20.1 Å². The number of nitrogens with zero attached hydrogens (tertiary/aromatic N) is 2. The average Bonchev–Trinajstić information content (AvgIpc) is 3.00. The van der Waals surface area contributed by atoms with E-state index in [1.807, 2.05) is 12.1 Å². The van der Waals surface area contributed by atoms with Gasteiger partial charge in [0.05, 0.1) is 43.4 Å². The molecule has 10 heteroatoms. The zero-order valence-electron chi connectivity index (χ0n) is 18.0. The molecule has 2 amide bonds. The predicted octanol–water partition coefficient (Wildman–Crippen LogP) is 5.23. The van der Waals surface area contributed by atoms with E-state index >= 15 is 0 Å². The van der Waals surface area contributed by atoms with Crippen molar-refractivity contribution in [3.8, 4) is 11.5 Å². The Hall–Kier alpha value is -3.69. The van der Waals surface area contributed by atoms with Gasteiger partial charge in [0.1, 0.15) is 0 Å². The van der Waals surface area contributed by atoms with E-state index in [1.165, 1.54) is 12.1 Å².